The minimum atomic E-state index is 0.532. The molecule has 2 heterocycles. The summed E-state index contributed by atoms with van der Waals surface area (Å²) in [6.07, 6.45) is 4.26. The van der Waals surface area contributed by atoms with Crippen LogP contribution in [0.3, 0.4) is 0 Å². The third-order valence-corrected chi connectivity index (χ3v) is 3.05. The van der Waals surface area contributed by atoms with Crippen LogP contribution in [0.5, 0.6) is 0 Å². The van der Waals surface area contributed by atoms with Gasteiger partial charge in [-0.1, -0.05) is 0 Å². The van der Waals surface area contributed by atoms with Crippen LogP contribution in [-0.4, -0.2) is 24.1 Å². The van der Waals surface area contributed by atoms with Crippen molar-refractivity contribution in [3.63, 3.8) is 0 Å². The van der Waals surface area contributed by atoms with Crippen LogP contribution in [0.15, 0.2) is 22.9 Å². The molecule has 4 heteroatoms. The van der Waals surface area contributed by atoms with Gasteiger partial charge in [0.25, 0.3) is 0 Å². The maximum absolute atomic E-state index is 4.18. The molecule has 1 aliphatic rings. The molecule has 0 amide bonds. The highest BCUT2D eigenvalue weighted by molar-refractivity contribution is 9.10. The van der Waals surface area contributed by atoms with Gasteiger partial charge in [-0.05, 0) is 47.4 Å². The van der Waals surface area contributed by atoms with Crippen LogP contribution in [0.2, 0.25) is 0 Å². The summed E-state index contributed by atoms with van der Waals surface area (Å²) in [6.45, 7) is 2.19. The number of hydrogen-bond donors (Lipinski definition) is 2. The first kappa shape index (κ1) is 9.93. The smallest absolute Gasteiger partial charge is 0.129 e. The summed E-state index contributed by atoms with van der Waals surface area (Å²) in [4.78, 5) is 4.18. The number of aromatic nitrogens is 1. The molecule has 14 heavy (non-hydrogen) atoms. The number of nitrogens with one attached hydrogen (secondary N) is 2. The van der Waals surface area contributed by atoms with E-state index in [1.54, 1.807) is 6.20 Å². The zero-order valence-electron chi connectivity index (χ0n) is 7.96. The topological polar surface area (TPSA) is 37.0 Å². The van der Waals surface area contributed by atoms with Gasteiger partial charge in [0.15, 0.2) is 0 Å². The molecular weight excluding hydrogens is 242 g/mol. The van der Waals surface area contributed by atoms with Gasteiger partial charge in [0.05, 0.1) is 5.69 Å². The molecule has 1 unspecified atom stereocenters. The van der Waals surface area contributed by atoms with E-state index in [1.165, 1.54) is 12.8 Å². The van der Waals surface area contributed by atoms with Crippen molar-refractivity contribution in [1.29, 1.82) is 0 Å². The Balaban J connectivity index is 1.99. The predicted octanol–water partition coefficient (Wildman–Crippen LogP) is 2.01. The summed E-state index contributed by atoms with van der Waals surface area (Å²) < 4.78 is 0.894. The first-order chi connectivity index (χ1) is 6.86. The molecule has 0 aromatic carbocycles. The minimum Gasteiger partial charge on any atom is -0.379 e. The van der Waals surface area contributed by atoms with Gasteiger partial charge in [-0.3, -0.25) is 0 Å². The van der Waals surface area contributed by atoms with Crippen LogP contribution in [0.25, 0.3) is 0 Å². The number of rotatable bonds is 2. The Morgan fingerprint density at radius 1 is 1.57 bits per heavy atom. The SMILES string of the molecule is Brc1ncccc1NC1CCCNC1. The van der Waals surface area contributed by atoms with Crippen LogP contribution in [0, 0.1) is 0 Å². The molecule has 1 aliphatic heterocycles. The van der Waals surface area contributed by atoms with Gasteiger partial charge in [0.1, 0.15) is 4.60 Å². The summed E-state index contributed by atoms with van der Waals surface area (Å²) >= 11 is 3.43. The predicted molar refractivity (Wildman–Crippen MR) is 61.5 cm³/mol. The molecule has 0 radical (unpaired) electrons. The molecule has 0 spiro atoms. The van der Waals surface area contributed by atoms with Crippen LogP contribution >= 0.6 is 15.9 Å². The highest BCUT2D eigenvalue weighted by Crippen LogP contribution is 2.20. The summed E-state index contributed by atoms with van der Waals surface area (Å²) in [5.41, 5.74) is 1.08. The van der Waals surface area contributed by atoms with Crippen LogP contribution < -0.4 is 10.6 Å². The van der Waals surface area contributed by atoms with E-state index in [0.717, 1.165) is 23.4 Å². The Hall–Kier alpha value is -0.610. The lowest BCUT2D eigenvalue weighted by molar-refractivity contribution is 0.479. The van der Waals surface area contributed by atoms with Crippen LogP contribution in [0.4, 0.5) is 5.69 Å². The zero-order chi connectivity index (χ0) is 9.80. The molecule has 1 atom stereocenters. The third-order valence-electron chi connectivity index (χ3n) is 2.42. The molecule has 3 nitrogen and oxygen atoms in total. The molecule has 76 valence electrons. The second-order valence-electron chi connectivity index (χ2n) is 3.53. The first-order valence-corrected chi connectivity index (χ1v) is 5.73. The second-order valence-corrected chi connectivity index (χ2v) is 4.28. The molecule has 1 aromatic rings. The summed E-state index contributed by atoms with van der Waals surface area (Å²) in [7, 11) is 0. The van der Waals surface area contributed by atoms with E-state index in [4.69, 9.17) is 0 Å². The van der Waals surface area contributed by atoms with Crippen molar-refractivity contribution in [2.75, 3.05) is 18.4 Å². The van der Waals surface area contributed by atoms with Crippen molar-refractivity contribution in [2.24, 2.45) is 0 Å². The van der Waals surface area contributed by atoms with Gasteiger partial charge in [-0.2, -0.15) is 0 Å². The molecule has 1 saturated heterocycles. The number of halogens is 1. The summed E-state index contributed by atoms with van der Waals surface area (Å²) in [5, 5.41) is 6.85. The van der Waals surface area contributed by atoms with E-state index in [0.29, 0.717) is 6.04 Å². The van der Waals surface area contributed by atoms with Crippen LogP contribution in [-0.2, 0) is 0 Å². The van der Waals surface area contributed by atoms with Crippen molar-refractivity contribution in [3.05, 3.63) is 22.9 Å². The molecule has 1 aromatic heterocycles. The number of pyridine rings is 1. The number of nitrogens with zero attached hydrogens (tertiary/aromatic N) is 1. The lowest BCUT2D eigenvalue weighted by Gasteiger charge is -2.24. The Morgan fingerprint density at radius 2 is 2.50 bits per heavy atom. The fourth-order valence-corrected chi connectivity index (χ4v) is 2.05. The molecule has 0 saturated carbocycles. The van der Waals surface area contributed by atoms with Crippen molar-refractivity contribution >= 4 is 21.6 Å². The average molecular weight is 256 g/mol. The van der Waals surface area contributed by atoms with E-state index in [9.17, 15) is 0 Å². The van der Waals surface area contributed by atoms with Gasteiger partial charge in [0, 0.05) is 18.8 Å². The molecule has 2 N–H and O–H groups in total. The molecular formula is C10H14BrN3. The van der Waals surface area contributed by atoms with Gasteiger partial charge in [0.2, 0.25) is 0 Å². The number of piperidine rings is 1. The average Bonchev–Trinajstić information content (AvgIpc) is 2.23. The van der Waals surface area contributed by atoms with Gasteiger partial charge < -0.3 is 10.6 Å². The summed E-state index contributed by atoms with van der Waals surface area (Å²) in [5.74, 6) is 0. The van der Waals surface area contributed by atoms with Crippen molar-refractivity contribution in [1.82, 2.24) is 10.3 Å². The highest BCUT2D eigenvalue weighted by atomic mass is 79.9. The van der Waals surface area contributed by atoms with Crippen molar-refractivity contribution < 1.29 is 0 Å². The van der Waals surface area contributed by atoms with Gasteiger partial charge >= 0.3 is 0 Å². The Kier molecular flexibility index (Phi) is 3.37. The van der Waals surface area contributed by atoms with Crippen molar-refractivity contribution in [2.45, 2.75) is 18.9 Å². The Bertz CT molecular complexity index is 297. The molecule has 0 aliphatic carbocycles. The molecule has 1 fully saturated rings. The van der Waals surface area contributed by atoms with E-state index >= 15 is 0 Å². The number of anilines is 1. The third kappa shape index (κ3) is 2.45. The zero-order valence-corrected chi connectivity index (χ0v) is 9.55. The van der Waals surface area contributed by atoms with E-state index < -0.39 is 0 Å². The maximum atomic E-state index is 4.18. The summed E-state index contributed by atoms with van der Waals surface area (Å²) in [6, 6.07) is 4.53. The Labute approximate surface area is 92.4 Å². The van der Waals surface area contributed by atoms with Crippen molar-refractivity contribution in [3.8, 4) is 0 Å². The quantitative estimate of drug-likeness (QED) is 0.795. The van der Waals surface area contributed by atoms with E-state index in [-0.39, 0.29) is 0 Å². The van der Waals surface area contributed by atoms with Gasteiger partial charge in [-0.25, -0.2) is 4.98 Å². The number of hydrogen-bond acceptors (Lipinski definition) is 3. The van der Waals surface area contributed by atoms with Gasteiger partial charge in [-0.15, -0.1) is 0 Å². The maximum Gasteiger partial charge on any atom is 0.129 e. The monoisotopic (exact) mass is 255 g/mol. The molecule has 0 bridgehead atoms. The van der Waals surface area contributed by atoms with E-state index in [2.05, 4.69) is 31.5 Å². The fourth-order valence-electron chi connectivity index (χ4n) is 1.69. The fraction of sp³-hybridized carbons (Fsp3) is 0.500. The molecule has 2 rings (SSSR count). The normalized spacial score (nSPS) is 21.9. The van der Waals surface area contributed by atoms with Crippen LogP contribution in [0.1, 0.15) is 12.8 Å². The first-order valence-electron chi connectivity index (χ1n) is 4.94. The van der Waals surface area contributed by atoms with E-state index in [1.807, 2.05) is 12.1 Å². The minimum absolute atomic E-state index is 0.532. The second kappa shape index (κ2) is 4.75. The lowest BCUT2D eigenvalue weighted by Crippen LogP contribution is -2.38. The highest BCUT2D eigenvalue weighted by Gasteiger charge is 2.13. The largest absolute Gasteiger partial charge is 0.379 e. The lowest BCUT2D eigenvalue weighted by atomic mass is 10.1. The standard InChI is InChI=1S/C10H14BrN3/c11-10-9(4-2-6-13-10)14-8-3-1-5-12-7-8/h2,4,6,8,12,14H,1,3,5,7H2. The Morgan fingerprint density at radius 3 is 3.21 bits per heavy atom.